The van der Waals surface area contributed by atoms with Crippen LogP contribution in [-0.4, -0.2) is 20.8 Å². The molecule has 14 heavy (non-hydrogen) atoms. The summed E-state index contributed by atoms with van der Waals surface area (Å²) in [5, 5.41) is 0. The van der Waals surface area contributed by atoms with Crippen molar-refractivity contribution in [2.75, 3.05) is 0 Å². The highest BCUT2D eigenvalue weighted by molar-refractivity contribution is 5.75. The summed E-state index contributed by atoms with van der Waals surface area (Å²) in [5.41, 5.74) is 2.53. The first-order valence-corrected chi connectivity index (χ1v) is 4.35. The van der Waals surface area contributed by atoms with Crippen molar-refractivity contribution in [1.82, 2.24) is 14.5 Å². The third-order valence-corrected chi connectivity index (χ3v) is 2.37. The Labute approximate surface area is 80.2 Å². The summed E-state index contributed by atoms with van der Waals surface area (Å²) in [6.45, 7) is 0.715. The normalized spacial score (nSPS) is 12.3. The van der Waals surface area contributed by atoms with E-state index in [9.17, 15) is 4.79 Å². The molecule has 0 fully saturated rings. The number of aldehydes is 1. The predicted octanol–water partition coefficient (Wildman–Crippen LogP) is 1.12. The smallest absolute Gasteiger partial charge is 0.170 e. The van der Waals surface area contributed by atoms with Crippen LogP contribution in [0.15, 0.2) is 24.5 Å². The van der Waals surface area contributed by atoms with E-state index in [4.69, 9.17) is 0 Å². The Morgan fingerprint density at radius 1 is 1.50 bits per heavy atom. The standard InChI is InChI=1S/C10H7N3O/c14-6-7-4-13-5-9-8(10(13)12-7)2-1-3-11-9/h1-4,6H,5H2. The first-order valence-electron chi connectivity index (χ1n) is 4.35. The Morgan fingerprint density at radius 2 is 2.43 bits per heavy atom. The van der Waals surface area contributed by atoms with E-state index in [1.807, 2.05) is 16.7 Å². The van der Waals surface area contributed by atoms with E-state index in [-0.39, 0.29) is 0 Å². The van der Waals surface area contributed by atoms with Gasteiger partial charge in [-0.3, -0.25) is 9.78 Å². The topological polar surface area (TPSA) is 47.8 Å². The molecular formula is C10H7N3O. The molecule has 0 aliphatic carbocycles. The first kappa shape index (κ1) is 7.44. The fourth-order valence-corrected chi connectivity index (χ4v) is 1.76. The summed E-state index contributed by atoms with van der Waals surface area (Å²) < 4.78 is 1.95. The van der Waals surface area contributed by atoms with Gasteiger partial charge in [0, 0.05) is 18.0 Å². The molecule has 3 rings (SSSR count). The number of hydrogen-bond acceptors (Lipinski definition) is 3. The highest BCUT2D eigenvalue weighted by Gasteiger charge is 2.20. The molecule has 0 radical (unpaired) electrons. The van der Waals surface area contributed by atoms with Gasteiger partial charge in [-0.15, -0.1) is 0 Å². The number of pyridine rings is 1. The lowest BCUT2D eigenvalue weighted by Gasteiger charge is -1.93. The van der Waals surface area contributed by atoms with Crippen LogP contribution in [-0.2, 0) is 6.54 Å². The average molecular weight is 185 g/mol. The van der Waals surface area contributed by atoms with Crippen LogP contribution in [0.5, 0.6) is 0 Å². The molecule has 4 nitrogen and oxygen atoms in total. The van der Waals surface area contributed by atoms with E-state index >= 15 is 0 Å². The number of hydrogen-bond donors (Lipinski definition) is 0. The van der Waals surface area contributed by atoms with Crippen molar-refractivity contribution in [3.8, 4) is 11.4 Å². The number of fused-ring (bicyclic) bond motifs is 3. The number of rotatable bonds is 1. The number of nitrogens with zero attached hydrogens (tertiary/aromatic N) is 3. The second-order valence-corrected chi connectivity index (χ2v) is 3.23. The van der Waals surface area contributed by atoms with Gasteiger partial charge in [-0.25, -0.2) is 4.98 Å². The van der Waals surface area contributed by atoms with Crippen LogP contribution in [0, 0.1) is 0 Å². The minimum Gasteiger partial charge on any atom is -0.324 e. The van der Waals surface area contributed by atoms with E-state index in [0.29, 0.717) is 12.2 Å². The maximum Gasteiger partial charge on any atom is 0.170 e. The maximum atomic E-state index is 10.5. The van der Waals surface area contributed by atoms with Crippen molar-refractivity contribution in [2.45, 2.75) is 6.54 Å². The van der Waals surface area contributed by atoms with Crippen LogP contribution in [0.3, 0.4) is 0 Å². The van der Waals surface area contributed by atoms with Gasteiger partial charge < -0.3 is 4.57 Å². The van der Waals surface area contributed by atoms with Gasteiger partial charge in [-0.05, 0) is 12.1 Å². The van der Waals surface area contributed by atoms with Gasteiger partial charge in [0.2, 0.25) is 0 Å². The van der Waals surface area contributed by atoms with Gasteiger partial charge in [0.05, 0.1) is 12.2 Å². The van der Waals surface area contributed by atoms with Crippen molar-refractivity contribution >= 4 is 6.29 Å². The Balaban J connectivity index is 2.24. The summed E-state index contributed by atoms with van der Waals surface area (Å²) in [6.07, 6.45) is 4.29. The van der Waals surface area contributed by atoms with Crippen LogP contribution in [0.1, 0.15) is 16.2 Å². The zero-order valence-corrected chi connectivity index (χ0v) is 7.34. The molecule has 0 amide bonds. The van der Waals surface area contributed by atoms with Crippen LogP contribution in [0.4, 0.5) is 0 Å². The predicted molar refractivity (Wildman–Crippen MR) is 49.9 cm³/mol. The van der Waals surface area contributed by atoms with E-state index in [0.717, 1.165) is 23.4 Å². The van der Waals surface area contributed by atoms with Crippen LogP contribution >= 0.6 is 0 Å². The van der Waals surface area contributed by atoms with Crippen molar-refractivity contribution in [3.05, 3.63) is 35.9 Å². The quantitative estimate of drug-likeness (QED) is 0.534. The lowest BCUT2D eigenvalue weighted by Crippen LogP contribution is -1.91. The lowest BCUT2D eigenvalue weighted by atomic mass is 10.2. The van der Waals surface area contributed by atoms with Crippen molar-refractivity contribution < 1.29 is 4.79 Å². The van der Waals surface area contributed by atoms with E-state index < -0.39 is 0 Å². The Bertz CT molecular complexity index is 516. The molecule has 0 atom stereocenters. The van der Waals surface area contributed by atoms with Crippen LogP contribution in [0.25, 0.3) is 11.4 Å². The summed E-state index contributed by atoms with van der Waals surface area (Å²) in [7, 11) is 0. The van der Waals surface area contributed by atoms with Gasteiger partial charge in [0.1, 0.15) is 11.5 Å². The second-order valence-electron chi connectivity index (χ2n) is 3.23. The van der Waals surface area contributed by atoms with Gasteiger partial charge in [0.25, 0.3) is 0 Å². The molecule has 0 unspecified atom stereocenters. The van der Waals surface area contributed by atoms with Crippen molar-refractivity contribution in [2.24, 2.45) is 0 Å². The molecule has 0 N–H and O–H groups in total. The molecule has 0 saturated carbocycles. The monoisotopic (exact) mass is 185 g/mol. The molecule has 2 aromatic rings. The summed E-state index contributed by atoms with van der Waals surface area (Å²) in [6, 6.07) is 3.85. The average Bonchev–Trinajstić information content (AvgIpc) is 2.73. The minimum absolute atomic E-state index is 0.481. The molecule has 0 spiro atoms. The number of carbonyl (C=O) groups is 1. The zero-order valence-electron chi connectivity index (χ0n) is 7.34. The molecule has 0 aromatic carbocycles. The number of aromatic nitrogens is 3. The van der Waals surface area contributed by atoms with Crippen LogP contribution in [0.2, 0.25) is 0 Å². The largest absolute Gasteiger partial charge is 0.324 e. The third kappa shape index (κ3) is 0.849. The maximum absolute atomic E-state index is 10.5. The third-order valence-electron chi connectivity index (χ3n) is 2.37. The molecule has 0 bridgehead atoms. The van der Waals surface area contributed by atoms with Gasteiger partial charge in [-0.1, -0.05) is 0 Å². The van der Waals surface area contributed by atoms with Crippen LogP contribution < -0.4 is 0 Å². The van der Waals surface area contributed by atoms with Gasteiger partial charge in [0.15, 0.2) is 6.29 Å². The second kappa shape index (κ2) is 2.51. The molecule has 4 heteroatoms. The molecule has 0 saturated heterocycles. The fourth-order valence-electron chi connectivity index (χ4n) is 1.76. The molecule has 2 aromatic heterocycles. The molecular weight excluding hydrogens is 178 g/mol. The van der Waals surface area contributed by atoms with Gasteiger partial charge in [-0.2, -0.15) is 0 Å². The minimum atomic E-state index is 0.481. The van der Waals surface area contributed by atoms with E-state index in [1.165, 1.54) is 0 Å². The fraction of sp³-hybridized carbons (Fsp3) is 0.100. The Kier molecular flexibility index (Phi) is 1.33. The molecule has 1 aliphatic heterocycles. The lowest BCUT2D eigenvalue weighted by molar-refractivity contribution is 0.111. The van der Waals surface area contributed by atoms with Crippen molar-refractivity contribution in [3.63, 3.8) is 0 Å². The highest BCUT2D eigenvalue weighted by atomic mass is 16.1. The first-order chi connectivity index (χ1) is 6.88. The molecule has 68 valence electrons. The summed E-state index contributed by atoms with van der Waals surface area (Å²) in [5.74, 6) is 0.843. The molecule has 3 heterocycles. The number of imidazole rings is 1. The van der Waals surface area contributed by atoms with E-state index in [2.05, 4.69) is 9.97 Å². The Morgan fingerprint density at radius 3 is 3.29 bits per heavy atom. The Hall–Kier alpha value is -1.97. The SMILES string of the molecule is O=Cc1cn2c(n1)-c1cccnc1C2. The summed E-state index contributed by atoms with van der Waals surface area (Å²) in [4.78, 5) is 19.0. The molecule has 1 aliphatic rings. The van der Waals surface area contributed by atoms with Crippen molar-refractivity contribution in [1.29, 1.82) is 0 Å². The summed E-state index contributed by atoms with van der Waals surface area (Å²) >= 11 is 0. The van der Waals surface area contributed by atoms with Gasteiger partial charge >= 0.3 is 0 Å². The number of carbonyl (C=O) groups excluding carboxylic acids is 1. The zero-order chi connectivity index (χ0) is 9.54. The highest BCUT2D eigenvalue weighted by Crippen LogP contribution is 2.28. The van der Waals surface area contributed by atoms with E-state index in [1.54, 1.807) is 12.4 Å².